The second kappa shape index (κ2) is 4.41. The lowest BCUT2D eigenvalue weighted by atomic mass is 10.1. The normalized spacial score (nSPS) is 9.87. The fraction of sp³-hybridized carbons (Fsp3) is 0.222. The van der Waals surface area contributed by atoms with Gasteiger partial charge in [0.25, 0.3) is 0 Å². The van der Waals surface area contributed by atoms with Crippen LogP contribution in [0.1, 0.15) is 15.9 Å². The molecular formula is C9H10N2O4. The zero-order valence-electron chi connectivity index (χ0n) is 7.84. The number of hydrogen-bond acceptors (Lipinski definition) is 4. The molecule has 0 spiro atoms. The highest BCUT2D eigenvalue weighted by molar-refractivity contribution is 5.88. The fourth-order valence-electron chi connectivity index (χ4n) is 1.17. The van der Waals surface area contributed by atoms with Gasteiger partial charge >= 0.3 is 5.97 Å². The lowest BCUT2D eigenvalue weighted by Gasteiger charge is -2.03. The number of anilines is 1. The number of benzene rings is 1. The van der Waals surface area contributed by atoms with Crippen LogP contribution in [0.25, 0.3) is 0 Å². The molecule has 0 amide bonds. The van der Waals surface area contributed by atoms with Gasteiger partial charge in [-0.25, -0.2) is 4.79 Å². The summed E-state index contributed by atoms with van der Waals surface area (Å²) in [6.07, 6.45) is 0.207. The molecular weight excluding hydrogens is 200 g/mol. The molecule has 0 aliphatic heterocycles. The molecule has 15 heavy (non-hydrogen) atoms. The van der Waals surface area contributed by atoms with Gasteiger partial charge in [0.2, 0.25) is 6.54 Å². The van der Waals surface area contributed by atoms with Crippen molar-refractivity contribution in [2.45, 2.75) is 6.42 Å². The fourth-order valence-corrected chi connectivity index (χ4v) is 1.17. The van der Waals surface area contributed by atoms with Gasteiger partial charge < -0.3 is 10.8 Å². The number of nitro groups is 1. The molecule has 0 aromatic heterocycles. The number of rotatable bonds is 4. The van der Waals surface area contributed by atoms with E-state index in [-0.39, 0.29) is 24.2 Å². The number of carbonyl (C=O) groups is 1. The Hall–Kier alpha value is -2.11. The van der Waals surface area contributed by atoms with Crippen LogP contribution < -0.4 is 5.73 Å². The first-order chi connectivity index (χ1) is 7.00. The molecule has 6 nitrogen and oxygen atoms in total. The smallest absolute Gasteiger partial charge is 0.335 e. The Morgan fingerprint density at radius 2 is 2.20 bits per heavy atom. The van der Waals surface area contributed by atoms with Crippen molar-refractivity contribution in [3.05, 3.63) is 39.4 Å². The standard InChI is InChI=1S/C9H10N2O4/c10-8-5-7(9(12)13)2-1-6(8)3-4-11(14)15/h1-2,5H,3-4,10H2,(H,12,13). The van der Waals surface area contributed by atoms with E-state index in [4.69, 9.17) is 10.8 Å². The van der Waals surface area contributed by atoms with Crippen molar-refractivity contribution in [1.82, 2.24) is 0 Å². The Morgan fingerprint density at radius 1 is 1.53 bits per heavy atom. The van der Waals surface area contributed by atoms with Crippen LogP contribution in [-0.2, 0) is 6.42 Å². The van der Waals surface area contributed by atoms with E-state index >= 15 is 0 Å². The van der Waals surface area contributed by atoms with Crippen LogP contribution in [0.5, 0.6) is 0 Å². The predicted octanol–water partition coefficient (Wildman–Crippen LogP) is 0.786. The van der Waals surface area contributed by atoms with Crippen LogP contribution in [0.2, 0.25) is 0 Å². The summed E-state index contributed by atoms with van der Waals surface area (Å²) in [6.45, 7) is -0.212. The van der Waals surface area contributed by atoms with Gasteiger partial charge in [-0.15, -0.1) is 0 Å². The third kappa shape index (κ3) is 2.94. The number of carboxylic acid groups (broad SMARTS) is 1. The average Bonchev–Trinajstić information content (AvgIpc) is 2.15. The van der Waals surface area contributed by atoms with Crippen LogP contribution in [0.15, 0.2) is 18.2 Å². The van der Waals surface area contributed by atoms with Gasteiger partial charge in [0.05, 0.1) is 5.56 Å². The highest BCUT2D eigenvalue weighted by Crippen LogP contribution is 2.14. The van der Waals surface area contributed by atoms with E-state index in [1.54, 1.807) is 0 Å². The van der Waals surface area contributed by atoms with Gasteiger partial charge in [-0.2, -0.15) is 0 Å². The summed E-state index contributed by atoms with van der Waals surface area (Å²) in [5, 5.41) is 18.8. The highest BCUT2D eigenvalue weighted by Gasteiger charge is 2.08. The summed E-state index contributed by atoms with van der Waals surface area (Å²) in [6, 6.07) is 4.19. The summed E-state index contributed by atoms with van der Waals surface area (Å²) < 4.78 is 0. The summed E-state index contributed by atoms with van der Waals surface area (Å²) in [5.41, 5.74) is 6.51. The summed E-state index contributed by atoms with van der Waals surface area (Å²) in [5.74, 6) is -1.07. The van der Waals surface area contributed by atoms with E-state index in [9.17, 15) is 14.9 Å². The van der Waals surface area contributed by atoms with Gasteiger partial charge in [0.15, 0.2) is 0 Å². The quantitative estimate of drug-likeness (QED) is 0.434. The highest BCUT2D eigenvalue weighted by atomic mass is 16.6. The monoisotopic (exact) mass is 210 g/mol. The molecule has 0 atom stereocenters. The molecule has 0 bridgehead atoms. The minimum atomic E-state index is -1.07. The maximum absolute atomic E-state index is 10.6. The van der Waals surface area contributed by atoms with Crippen molar-refractivity contribution in [3.63, 3.8) is 0 Å². The van der Waals surface area contributed by atoms with E-state index < -0.39 is 10.9 Å². The van der Waals surface area contributed by atoms with Gasteiger partial charge in [-0.05, 0) is 17.7 Å². The topological polar surface area (TPSA) is 106 Å². The van der Waals surface area contributed by atoms with Gasteiger partial charge in [0, 0.05) is 17.0 Å². The molecule has 0 saturated carbocycles. The molecule has 0 unspecified atom stereocenters. The molecule has 0 saturated heterocycles. The second-order valence-corrected chi connectivity index (χ2v) is 3.03. The molecule has 6 heteroatoms. The minimum Gasteiger partial charge on any atom is -0.478 e. The van der Waals surface area contributed by atoms with E-state index in [0.717, 1.165) is 0 Å². The third-order valence-corrected chi connectivity index (χ3v) is 1.96. The van der Waals surface area contributed by atoms with Crippen LogP contribution in [0.3, 0.4) is 0 Å². The van der Waals surface area contributed by atoms with Crippen LogP contribution >= 0.6 is 0 Å². The number of aromatic carboxylic acids is 1. The largest absolute Gasteiger partial charge is 0.478 e. The van der Waals surface area contributed by atoms with Crippen molar-refractivity contribution in [2.75, 3.05) is 12.3 Å². The molecule has 0 radical (unpaired) electrons. The molecule has 0 heterocycles. The predicted molar refractivity (Wildman–Crippen MR) is 53.4 cm³/mol. The van der Waals surface area contributed by atoms with Gasteiger partial charge in [0.1, 0.15) is 0 Å². The van der Waals surface area contributed by atoms with E-state index in [1.165, 1.54) is 18.2 Å². The first kappa shape index (κ1) is 11.0. The molecule has 1 rings (SSSR count). The number of nitrogens with two attached hydrogens (primary N) is 1. The maximum Gasteiger partial charge on any atom is 0.335 e. The Kier molecular flexibility index (Phi) is 3.22. The number of carboxylic acids is 1. The van der Waals surface area contributed by atoms with Crippen molar-refractivity contribution in [1.29, 1.82) is 0 Å². The van der Waals surface area contributed by atoms with Crippen molar-refractivity contribution in [2.24, 2.45) is 0 Å². The number of nitrogens with zero attached hydrogens (tertiary/aromatic N) is 1. The molecule has 0 aliphatic rings. The first-order valence-corrected chi connectivity index (χ1v) is 4.24. The zero-order chi connectivity index (χ0) is 11.4. The van der Waals surface area contributed by atoms with Crippen LogP contribution in [0, 0.1) is 10.1 Å². The first-order valence-electron chi connectivity index (χ1n) is 4.24. The molecule has 1 aromatic carbocycles. The summed E-state index contributed by atoms with van der Waals surface area (Å²) >= 11 is 0. The zero-order valence-corrected chi connectivity index (χ0v) is 7.84. The lowest BCUT2D eigenvalue weighted by molar-refractivity contribution is -0.479. The van der Waals surface area contributed by atoms with E-state index in [1.807, 2.05) is 0 Å². The summed E-state index contributed by atoms with van der Waals surface area (Å²) in [4.78, 5) is 20.3. The summed E-state index contributed by atoms with van der Waals surface area (Å²) in [7, 11) is 0. The van der Waals surface area contributed by atoms with Crippen molar-refractivity contribution < 1.29 is 14.8 Å². The van der Waals surface area contributed by atoms with Gasteiger partial charge in [-0.1, -0.05) is 6.07 Å². The molecule has 80 valence electrons. The molecule has 0 aliphatic carbocycles. The number of nitrogen functional groups attached to an aromatic ring is 1. The second-order valence-electron chi connectivity index (χ2n) is 3.03. The Labute approximate surface area is 85.5 Å². The van der Waals surface area contributed by atoms with Gasteiger partial charge in [-0.3, -0.25) is 10.1 Å². The van der Waals surface area contributed by atoms with Crippen LogP contribution in [-0.4, -0.2) is 22.5 Å². The Morgan fingerprint density at radius 3 is 2.67 bits per heavy atom. The van der Waals surface area contributed by atoms with E-state index in [2.05, 4.69) is 0 Å². The minimum absolute atomic E-state index is 0.0809. The van der Waals surface area contributed by atoms with E-state index in [0.29, 0.717) is 5.56 Å². The third-order valence-electron chi connectivity index (χ3n) is 1.96. The number of hydrogen-bond donors (Lipinski definition) is 2. The average molecular weight is 210 g/mol. The molecule has 1 aromatic rings. The lowest BCUT2D eigenvalue weighted by Crippen LogP contribution is -2.07. The SMILES string of the molecule is Nc1cc(C(=O)O)ccc1CC[N+](=O)[O-]. The molecule has 3 N–H and O–H groups in total. The van der Waals surface area contributed by atoms with Crippen molar-refractivity contribution in [3.8, 4) is 0 Å². The Balaban J connectivity index is 2.83. The van der Waals surface area contributed by atoms with Crippen LogP contribution in [0.4, 0.5) is 5.69 Å². The maximum atomic E-state index is 10.6. The Bertz CT molecular complexity index is 403. The van der Waals surface area contributed by atoms with Crippen molar-refractivity contribution >= 4 is 11.7 Å². The molecule has 0 fully saturated rings.